The third-order valence-corrected chi connectivity index (χ3v) is 3.72. The van der Waals surface area contributed by atoms with E-state index in [9.17, 15) is 4.39 Å². The minimum absolute atomic E-state index is 0.183. The van der Waals surface area contributed by atoms with Gasteiger partial charge in [-0.1, -0.05) is 71.6 Å². The van der Waals surface area contributed by atoms with Crippen LogP contribution in [-0.2, 0) is 0 Å². The maximum Gasteiger partial charge on any atom is 0.139 e. The molecule has 0 aliphatic heterocycles. The van der Waals surface area contributed by atoms with Crippen LogP contribution in [0.4, 0.5) is 4.39 Å². The first kappa shape index (κ1) is 13.7. The minimum Gasteiger partial charge on any atom is -0.206 e. The molecular formula is C18H15B2F. The van der Waals surface area contributed by atoms with Crippen molar-refractivity contribution in [3.63, 3.8) is 0 Å². The lowest BCUT2D eigenvalue weighted by Crippen LogP contribution is -2.00. The predicted octanol–water partition coefficient (Wildman–Crippen LogP) is 1.68. The highest BCUT2D eigenvalue weighted by atomic mass is 19.1. The van der Waals surface area contributed by atoms with E-state index in [2.05, 4.69) is 0 Å². The highest BCUT2D eigenvalue weighted by Crippen LogP contribution is 2.27. The molecule has 0 aromatic heterocycles. The molecule has 0 amide bonds. The van der Waals surface area contributed by atoms with Gasteiger partial charge in [0.1, 0.15) is 21.5 Å². The van der Waals surface area contributed by atoms with Crippen molar-refractivity contribution in [1.82, 2.24) is 0 Å². The fourth-order valence-corrected chi connectivity index (χ4v) is 2.41. The summed E-state index contributed by atoms with van der Waals surface area (Å²) in [5.74, 6) is -0.183. The molecule has 0 saturated carbocycles. The Balaban J connectivity index is 1.99. The van der Waals surface area contributed by atoms with Crippen LogP contribution in [0, 0.1) is 5.82 Å². The second-order valence-electron chi connectivity index (χ2n) is 5.43. The first-order valence-electron chi connectivity index (χ1n) is 7.07. The van der Waals surface area contributed by atoms with Crippen LogP contribution >= 0.6 is 0 Å². The van der Waals surface area contributed by atoms with Crippen molar-refractivity contribution >= 4 is 26.6 Å². The maximum atomic E-state index is 14.4. The standard InChI is InChI=1S/C18H15B2F/c19-15-6-1-12(2-7-15)14-5-10-17(18(21)11-14)13-3-8-16(20)9-4-13/h1-11H,19-20H2. The molecule has 0 bridgehead atoms. The molecule has 0 saturated heterocycles. The molecule has 3 aromatic rings. The average molecular weight is 272 g/mol. The first-order valence-corrected chi connectivity index (χ1v) is 7.07. The summed E-state index contributed by atoms with van der Waals surface area (Å²) in [4.78, 5) is 0. The maximum absolute atomic E-state index is 14.4. The Hall–Kier alpha value is -2.28. The van der Waals surface area contributed by atoms with E-state index in [0.29, 0.717) is 5.56 Å². The van der Waals surface area contributed by atoms with Gasteiger partial charge in [0.05, 0.1) is 0 Å². The molecule has 0 atom stereocenters. The molecule has 100 valence electrons. The van der Waals surface area contributed by atoms with Crippen LogP contribution in [0.3, 0.4) is 0 Å². The lowest BCUT2D eigenvalue weighted by Gasteiger charge is -2.08. The molecule has 0 unspecified atom stereocenters. The van der Waals surface area contributed by atoms with Crippen LogP contribution in [0.1, 0.15) is 0 Å². The van der Waals surface area contributed by atoms with E-state index in [1.165, 1.54) is 10.9 Å². The second-order valence-corrected chi connectivity index (χ2v) is 5.43. The van der Waals surface area contributed by atoms with Crippen LogP contribution in [0.15, 0.2) is 66.7 Å². The van der Waals surface area contributed by atoms with Gasteiger partial charge in [-0.15, -0.1) is 0 Å². The molecule has 21 heavy (non-hydrogen) atoms. The Labute approximate surface area is 126 Å². The van der Waals surface area contributed by atoms with Gasteiger partial charge in [-0.3, -0.25) is 0 Å². The van der Waals surface area contributed by atoms with Gasteiger partial charge in [0, 0.05) is 5.56 Å². The molecule has 0 heterocycles. The Morgan fingerprint density at radius 3 is 1.57 bits per heavy atom. The molecule has 0 nitrogen and oxygen atoms in total. The van der Waals surface area contributed by atoms with Gasteiger partial charge in [-0.05, 0) is 22.8 Å². The lowest BCUT2D eigenvalue weighted by atomic mass is 9.92. The smallest absolute Gasteiger partial charge is 0.139 e. The van der Waals surface area contributed by atoms with Gasteiger partial charge in [0.2, 0.25) is 0 Å². The van der Waals surface area contributed by atoms with Crippen LogP contribution < -0.4 is 10.9 Å². The van der Waals surface area contributed by atoms with Gasteiger partial charge in [-0.2, -0.15) is 0 Å². The molecule has 0 spiro atoms. The fraction of sp³-hybridized carbons (Fsp3) is 0. The average Bonchev–Trinajstić information content (AvgIpc) is 2.49. The third-order valence-electron chi connectivity index (χ3n) is 3.72. The topological polar surface area (TPSA) is 0 Å². The van der Waals surface area contributed by atoms with Crippen LogP contribution in [0.2, 0.25) is 0 Å². The third kappa shape index (κ3) is 2.92. The van der Waals surface area contributed by atoms with Crippen molar-refractivity contribution in [1.29, 1.82) is 0 Å². The molecular weight excluding hydrogens is 257 g/mol. The van der Waals surface area contributed by atoms with Crippen LogP contribution in [-0.4, -0.2) is 15.7 Å². The summed E-state index contributed by atoms with van der Waals surface area (Å²) in [6.45, 7) is 0. The largest absolute Gasteiger partial charge is 0.206 e. The number of hydrogen-bond donors (Lipinski definition) is 0. The van der Waals surface area contributed by atoms with E-state index < -0.39 is 0 Å². The molecule has 3 rings (SSSR count). The summed E-state index contributed by atoms with van der Waals surface area (Å²) in [6.07, 6.45) is 0. The van der Waals surface area contributed by atoms with Crippen LogP contribution in [0.25, 0.3) is 22.3 Å². The van der Waals surface area contributed by atoms with Crippen molar-refractivity contribution in [3.8, 4) is 22.3 Å². The summed E-state index contributed by atoms with van der Waals surface area (Å²) in [6, 6.07) is 21.5. The molecule has 0 N–H and O–H groups in total. The molecule has 0 aliphatic rings. The van der Waals surface area contributed by atoms with E-state index in [1.807, 2.05) is 76.4 Å². The van der Waals surface area contributed by atoms with Gasteiger partial charge >= 0.3 is 0 Å². The van der Waals surface area contributed by atoms with E-state index in [-0.39, 0.29) is 5.82 Å². The molecule has 3 heteroatoms. The Morgan fingerprint density at radius 2 is 1.05 bits per heavy atom. The summed E-state index contributed by atoms with van der Waals surface area (Å²) in [7, 11) is 4.07. The normalized spacial score (nSPS) is 10.5. The van der Waals surface area contributed by atoms with Crippen molar-refractivity contribution in [2.45, 2.75) is 0 Å². The SMILES string of the molecule is Bc1ccc(-c2ccc(-c3ccc(B)cc3)c(F)c2)cc1. The molecule has 0 aliphatic carbocycles. The number of halogens is 1. The molecule has 3 aromatic carbocycles. The zero-order valence-electron chi connectivity index (χ0n) is 12.2. The van der Waals surface area contributed by atoms with E-state index in [4.69, 9.17) is 0 Å². The monoisotopic (exact) mass is 272 g/mol. The van der Waals surface area contributed by atoms with E-state index >= 15 is 0 Å². The summed E-state index contributed by atoms with van der Waals surface area (Å²) in [5, 5.41) is 0. The predicted molar refractivity (Wildman–Crippen MR) is 93.6 cm³/mol. The van der Waals surface area contributed by atoms with Gasteiger partial charge in [-0.25, -0.2) is 4.39 Å². The molecule has 0 fully saturated rings. The summed E-state index contributed by atoms with van der Waals surface area (Å²) in [5.41, 5.74) is 5.88. The minimum atomic E-state index is -0.183. The zero-order valence-corrected chi connectivity index (χ0v) is 12.2. The lowest BCUT2D eigenvalue weighted by molar-refractivity contribution is 0.632. The zero-order chi connectivity index (χ0) is 14.8. The Morgan fingerprint density at radius 1 is 0.571 bits per heavy atom. The van der Waals surface area contributed by atoms with Crippen molar-refractivity contribution in [2.75, 3.05) is 0 Å². The molecule has 0 radical (unpaired) electrons. The quantitative estimate of drug-likeness (QED) is 0.622. The second kappa shape index (κ2) is 5.61. The first-order chi connectivity index (χ1) is 10.1. The Kier molecular flexibility index (Phi) is 3.66. The number of hydrogen-bond acceptors (Lipinski definition) is 0. The van der Waals surface area contributed by atoms with Crippen molar-refractivity contribution < 1.29 is 4.39 Å². The highest BCUT2D eigenvalue weighted by Gasteiger charge is 2.07. The fourth-order valence-electron chi connectivity index (χ4n) is 2.41. The number of rotatable bonds is 2. The van der Waals surface area contributed by atoms with E-state index in [0.717, 1.165) is 16.7 Å². The van der Waals surface area contributed by atoms with Crippen molar-refractivity contribution in [3.05, 3.63) is 72.5 Å². The van der Waals surface area contributed by atoms with Crippen molar-refractivity contribution in [2.24, 2.45) is 0 Å². The van der Waals surface area contributed by atoms with E-state index in [1.54, 1.807) is 6.07 Å². The number of benzene rings is 3. The van der Waals surface area contributed by atoms with Gasteiger partial charge < -0.3 is 0 Å². The highest BCUT2D eigenvalue weighted by molar-refractivity contribution is 6.32. The van der Waals surface area contributed by atoms with Gasteiger partial charge in [0.15, 0.2) is 0 Å². The van der Waals surface area contributed by atoms with Gasteiger partial charge in [0.25, 0.3) is 0 Å². The Bertz CT molecular complexity index is 762. The van der Waals surface area contributed by atoms with Crippen LogP contribution in [0.5, 0.6) is 0 Å². The summed E-state index contributed by atoms with van der Waals surface area (Å²) < 4.78 is 14.4. The summed E-state index contributed by atoms with van der Waals surface area (Å²) >= 11 is 0.